The van der Waals surface area contributed by atoms with Crippen molar-refractivity contribution >= 4 is 56.9 Å². The Balaban J connectivity index is 2.33. The number of carbonyl (C=O) groups is 2. The molecule has 0 atom stereocenters. The molecule has 0 spiro atoms. The minimum absolute atomic E-state index is 0.262. The van der Waals surface area contributed by atoms with Crippen molar-refractivity contribution in [3.05, 3.63) is 67.6 Å². The van der Waals surface area contributed by atoms with Crippen LogP contribution in [0.25, 0.3) is 6.08 Å². The normalized spacial score (nSPS) is 10.9. The van der Waals surface area contributed by atoms with Crippen LogP contribution < -0.4 is 10.5 Å². The van der Waals surface area contributed by atoms with Gasteiger partial charge in [-0.3, -0.25) is 9.59 Å². The summed E-state index contributed by atoms with van der Waals surface area (Å²) in [5.74, 6) is -0.692. The van der Waals surface area contributed by atoms with Gasteiger partial charge in [0.2, 0.25) is 0 Å². The third-order valence-corrected chi connectivity index (χ3v) is 4.62. The number of primary amides is 1. The number of hydrogen-bond donors (Lipinski definition) is 1. The summed E-state index contributed by atoms with van der Waals surface area (Å²) >= 11 is 15.7. The topological polar surface area (TPSA) is 69.4 Å². The van der Waals surface area contributed by atoms with Gasteiger partial charge >= 0.3 is 0 Å². The highest BCUT2D eigenvalue weighted by atomic mass is 79.9. The number of carbonyl (C=O) groups excluding carboxylic acids is 2. The molecular formula is C18H14BrCl2NO3. The van der Waals surface area contributed by atoms with Crippen LogP contribution in [0.5, 0.6) is 5.75 Å². The van der Waals surface area contributed by atoms with Gasteiger partial charge in [0.25, 0.3) is 5.91 Å². The first-order chi connectivity index (χ1) is 11.8. The van der Waals surface area contributed by atoms with Crippen molar-refractivity contribution in [2.75, 3.05) is 6.61 Å². The fourth-order valence-electron chi connectivity index (χ4n) is 2.05. The predicted molar refractivity (Wildman–Crippen MR) is 103 cm³/mol. The van der Waals surface area contributed by atoms with Crippen molar-refractivity contribution in [2.24, 2.45) is 5.73 Å². The molecule has 0 fully saturated rings. The van der Waals surface area contributed by atoms with Crippen molar-refractivity contribution in [2.45, 2.75) is 6.92 Å². The largest absolute Gasteiger partial charge is 0.483 e. The van der Waals surface area contributed by atoms with Crippen LogP contribution in [0.3, 0.4) is 0 Å². The van der Waals surface area contributed by atoms with Gasteiger partial charge < -0.3 is 10.5 Å². The molecule has 2 aromatic rings. The van der Waals surface area contributed by atoms with E-state index in [1.807, 2.05) is 6.92 Å². The maximum atomic E-state index is 12.6. The summed E-state index contributed by atoms with van der Waals surface area (Å²) in [5, 5.41) is 0.926. The van der Waals surface area contributed by atoms with Gasteiger partial charge in [-0.25, -0.2) is 0 Å². The number of hydrogen-bond acceptors (Lipinski definition) is 3. The molecule has 7 heteroatoms. The van der Waals surface area contributed by atoms with Gasteiger partial charge in [0.1, 0.15) is 5.75 Å². The van der Waals surface area contributed by atoms with Gasteiger partial charge in [-0.15, -0.1) is 0 Å². The molecule has 2 aromatic carbocycles. The van der Waals surface area contributed by atoms with Crippen LogP contribution in [-0.4, -0.2) is 18.3 Å². The maximum absolute atomic E-state index is 12.6. The van der Waals surface area contributed by atoms with Crippen LogP contribution in [0.4, 0.5) is 0 Å². The lowest BCUT2D eigenvalue weighted by atomic mass is 10.1. The Labute approximate surface area is 163 Å². The quantitative estimate of drug-likeness (QED) is 0.514. The highest BCUT2D eigenvalue weighted by molar-refractivity contribution is 9.10. The Morgan fingerprint density at radius 1 is 1.24 bits per heavy atom. The second-order valence-electron chi connectivity index (χ2n) is 5.18. The summed E-state index contributed by atoms with van der Waals surface area (Å²) in [6, 6.07) is 8.40. The molecule has 2 N–H and O–H groups in total. The Morgan fingerprint density at radius 2 is 1.96 bits per heavy atom. The molecular weight excluding hydrogens is 429 g/mol. The number of ether oxygens (including phenoxy) is 1. The minimum atomic E-state index is -0.629. The van der Waals surface area contributed by atoms with Crippen molar-refractivity contribution in [1.82, 2.24) is 0 Å². The maximum Gasteiger partial charge on any atom is 0.255 e. The molecule has 0 aromatic heterocycles. The van der Waals surface area contributed by atoms with Crippen molar-refractivity contribution in [1.29, 1.82) is 0 Å². The number of halogens is 3. The Morgan fingerprint density at radius 3 is 2.64 bits per heavy atom. The second-order valence-corrected chi connectivity index (χ2v) is 6.89. The molecule has 0 aliphatic carbocycles. The first-order valence-corrected chi connectivity index (χ1v) is 8.72. The van der Waals surface area contributed by atoms with Gasteiger partial charge in [0, 0.05) is 15.1 Å². The van der Waals surface area contributed by atoms with E-state index >= 15 is 0 Å². The zero-order valence-electron chi connectivity index (χ0n) is 13.2. The average Bonchev–Trinajstić information content (AvgIpc) is 2.56. The zero-order chi connectivity index (χ0) is 18.6. The van der Waals surface area contributed by atoms with Crippen LogP contribution in [-0.2, 0) is 4.79 Å². The molecule has 0 aliphatic rings. The average molecular weight is 443 g/mol. The number of amides is 1. The van der Waals surface area contributed by atoms with Gasteiger partial charge in [-0.05, 0) is 48.9 Å². The van der Waals surface area contributed by atoms with Gasteiger partial charge in [0.15, 0.2) is 12.4 Å². The first-order valence-electron chi connectivity index (χ1n) is 7.17. The lowest BCUT2D eigenvalue weighted by Gasteiger charge is -2.09. The highest BCUT2D eigenvalue weighted by Gasteiger charge is 2.13. The van der Waals surface area contributed by atoms with Crippen LogP contribution in [0, 0.1) is 6.92 Å². The number of nitrogens with two attached hydrogens (primary N) is 1. The van der Waals surface area contributed by atoms with E-state index in [-0.39, 0.29) is 23.7 Å². The Bertz CT molecular complexity index is 866. The van der Waals surface area contributed by atoms with Crippen LogP contribution in [0.1, 0.15) is 21.5 Å². The number of allylic oxidation sites excluding steroid dienone is 1. The summed E-state index contributed by atoms with van der Waals surface area (Å²) in [4.78, 5) is 23.5. The van der Waals surface area contributed by atoms with Gasteiger partial charge in [0.05, 0.1) is 10.6 Å². The lowest BCUT2D eigenvalue weighted by molar-refractivity contribution is -0.119. The molecule has 0 bridgehead atoms. The molecule has 0 unspecified atom stereocenters. The second kappa shape index (κ2) is 8.52. The van der Waals surface area contributed by atoms with E-state index in [0.717, 1.165) is 5.56 Å². The summed E-state index contributed by atoms with van der Waals surface area (Å²) in [7, 11) is 0. The van der Waals surface area contributed by atoms with Crippen LogP contribution >= 0.6 is 39.1 Å². The third-order valence-electron chi connectivity index (χ3n) is 3.30. The number of benzene rings is 2. The molecule has 130 valence electrons. The molecule has 0 saturated heterocycles. The molecule has 0 radical (unpaired) electrons. The van der Waals surface area contributed by atoms with Crippen molar-refractivity contribution in [3.63, 3.8) is 0 Å². The first kappa shape index (κ1) is 19.5. The van der Waals surface area contributed by atoms with E-state index in [9.17, 15) is 9.59 Å². The number of rotatable bonds is 6. The van der Waals surface area contributed by atoms with Gasteiger partial charge in [-0.2, -0.15) is 0 Å². The standard InChI is InChI=1S/C18H14BrCl2NO3/c1-10-2-5-14(20)12(18(10)21)4-6-15(23)13-8-11(19)3-7-16(13)25-9-17(22)24/h2-8H,9H2,1H3,(H2,22,24)/b6-4+. The van der Waals surface area contributed by atoms with Crippen LogP contribution in [0.15, 0.2) is 40.9 Å². The summed E-state index contributed by atoms with van der Waals surface area (Å²) in [6.07, 6.45) is 2.91. The SMILES string of the molecule is Cc1ccc(Cl)c(/C=C/C(=O)c2cc(Br)ccc2OCC(N)=O)c1Cl. The molecule has 1 amide bonds. The molecule has 4 nitrogen and oxygen atoms in total. The minimum Gasteiger partial charge on any atom is -0.483 e. The smallest absolute Gasteiger partial charge is 0.255 e. The Hall–Kier alpha value is -1.82. The number of aryl methyl sites for hydroxylation is 1. The summed E-state index contributed by atoms with van der Waals surface area (Å²) < 4.78 is 5.99. The van der Waals surface area contributed by atoms with Gasteiger partial charge in [-0.1, -0.05) is 45.2 Å². The lowest BCUT2D eigenvalue weighted by Crippen LogP contribution is -2.20. The van der Waals surface area contributed by atoms with Crippen LogP contribution in [0.2, 0.25) is 10.0 Å². The van der Waals surface area contributed by atoms with Crippen molar-refractivity contribution < 1.29 is 14.3 Å². The summed E-state index contributed by atoms with van der Waals surface area (Å²) in [6.45, 7) is 1.53. The van der Waals surface area contributed by atoms with E-state index < -0.39 is 5.91 Å². The predicted octanol–water partition coefficient (Wildman–Crippen LogP) is 4.82. The highest BCUT2D eigenvalue weighted by Crippen LogP contribution is 2.30. The van der Waals surface area contributed by atoms with Crippen molar-refractivity contribution in [3.8, 4) is 5.75 Å². The third kappa shape index (κ3) is 5.08. The van der Waals surface area contributed by atoms with E-state index in [1.165, 1.54) is 6.08 Å². The molecule has 0 heterocycles. The molecule has 25 heavy (non-hydrogen) atoms. The number of ketones is 1. The van der Waals surface area contributed by atoms with E-state index in [0.29, 0.717) is 20.1 Å². The fourth-order valence-corrected chi connectivity index (χ4v) is 2.91. The van der Waals surface area contributed by atoms with E-state index in [2.05, 4.69) is 15.9 Å². The van der Waals surface area contributed by atoms with E-state index in [1.54, 1.807) is 36.4 Å². The molecule has 2 rings (SSSR count). The molecule has 0 saturated carbocycles. The Kier molecular flexibility index (Phi) is 6.64. The zero-order valence-corrected chi connectivity index (χ0v) is 16.3. The fraction of sp³-hybridized carbons (Fsp3) is 0.111. The van der Waals surface area contributed by atoms with E-state index in [4.69, 9.17) is 33.7 Å². The monoisotopic (exact) mass is 441 g/mol. The molecule has 0 aliphatic heterocycles. The summed E-state index contributed by atoms with van der Waals surface area (Å²) in [5.41, 5.74) is 6.78.